The van der Waals surface area contributed by atoms with E-state index < -0.39 is 0 Å². The fourth-order valence-electron chi connectivity index (χ4n) is 3.17. The molecule has 0 fully saturated rings. The highest BCUT2D eigenvalue weighted by molar-refractivity contribution is 5.35. The van der Waals surface area contributed by atoms with Crippen LogP contribution >= 0.6 is 0 Å². The second kappa shape index (κ2) is 11.8. The van der Waals surface area contributed by atoms with E-state index in [2.05, 4.69) is 39.0 Å². The highest BCUT2D eigenvalue weighted by Crippen LogP contribution is 2.21. The number of aryl methyl sites for hydroxylation is 2. The maximum atomic E-state index is 3.53. The molecule has 0 nitrogen and oxygen atoms in total. The molecule has 21 heavy (non-hydrogen) atoms. The lowest BCUT2D eigenvalue weighted by Gasteiger charge is -2.14. The molecule has 0 aromatic heterocycles. The van der Waals surface area contributed by atoms with Gasteiger partial charge in [-0.1, -0.05) is 84.3 Å². The molecule has 0 amide bonds. The first-order valence-electron chi connectivity index (χ1n) is 9.34. The third kappa shape index (κ3) is 7.16. The van der Waals surface area contributed by atoms with Gasteiger partial charge in [-0.15, -0.1) is 0 Å². The predicted molar refractivity (Wildman–Crippen MR) is 95.0 cm³/mol. The van der Waals surface area contributed by atoms with Crippen molar-refractivity contribution in [3.8, 4) is 0 Å². The summed E-state index contributed by atoms with van der Waals surface area (Å²) in [5.74, 6) is 0. The molecule has 0 aliphatic heterocycles. The van der Waals surface area contributed by atoms with E-state index in [1.54, 1.807) is 11.1 Å². The van der Waals surface area contributed by atoms with E-state index in [1.165, 1.54) is 82.6 Å². The average Bonchev–Trinajstić information content (AvgIpc) is 2.49. The third-order valence-electron chi connectivity index (χ3n) is 4.34. The van der Waals surface area contributed by atoms with Gasteiger partial charge in [-0.2, -0.15) is 0 Å². The molecule has 0 aliphatic rings. The number of hydrogen-bond donors (Lipinski definition) is 0. The summed E-state index contributed by atoms with van der Waals surface area (Å²) in [5, 5.41) is 0. The van der Waals surface area contributed by atoms with Crippen molar-refractivity contribution in [2.24, 2.45) is 0 Å². The monoisotopic (exact) mass is 287 g/mol. The Bertz CT molecular complexity index is 364. The van der Waals surface area contributed by atoms with Crippen LogP contribution in [0.25, 0.3) is 0 Å². The molecule has 1 aromatic carbocycles. The smallest absolute Gasteiger partial charge is 0.0146 e. The van der Waals surface area contributed by atoms with E-state index in [4.69, 9.17) is 0 Å². The van der Waals surface area contributed by atoms with Crippen molar-refractivity contribution in [1.29, 1.82) is 0 Å². The first kappa shape index (κ1) is 18.3. The van der Waals surface area contributed by atoms with Crippen molar-refractivity contribution in [3.63, 3.8) is 0 Å². The van der Waals surface area contributed by atoms with Gasteiger partial charge in [0.05, 0.1) is 0 Å². The van der Waals surface area contributed by atoms with E-state index in [-0.39, 0.29) is 0 Å². The number of rotatable bonds is 12. The molecule has 0 N–H and O–H groups in total. The topological polar surface area (TPSA) is 0 Å². The molecule has 1 rings (SSSR count). The summed E-state index contributed by atoms with van der Waals surface area (Å²) in [6.45, 7) is 6.86. The van der Waals surface area contributed by atoms with Crippen LogP contribution in [0.5, 0.6) is 0 Å². The Morgan fingerprint density at radius 3 is 2.05 bits per heavy atom. The first-order valence-corrected chi connectivity index (χ1v) is 9.34. The van der Waals surface area contributed by atoms with Gasteiger partial charge in [0.1, 0.15) is 0 Å². The van der Waals surface area contributed by atoms with Gasteiger partial charge in [0.15, 0.2) is 0 Å². The van der Waals surface area contributed by atoms with Gasteiger partial charge in [-0.3, -0.25) is 0 Å². The molecule has 0 heterocycles. The Morgan fingerprint density at radius 1 is 0.714 bits per heavy atom. The number of benzene rings is 1. The van der Waals surface area contributed by atoms with Crippen molar-refractivity contribution in [3.05, 3.63) is 34.9 Å². The summed E-state index contributed by atoms with van der Waals surface area (Å²) in [7, 11) is 0. The molecule has 0 spiro atoms. The Labute approximate surface area is 133 Å². The Balaban J connectivity index is 2.44. The molecule has 0 saturated carbocycles. The first-order chi connectivity index (χ1) is 10.3. The second-order valence-electron chi connectivity index (χ2n) is 6.33. The van der Waals surface area contributed by atoms with E-state index in [0.717, 1.165) is 0 Å². The highest BCUT2D eigenvalue weighted by Gasteiger charge is 2.07. The quantitative estimate of drug-likeness (QED) is 0.376. The average molecular weight is 288 g/mol. The van der Waals surface area contributed by atoms with Gasteiger partial charge in [0.2, 0.25) is 0 Å². The molecule has 0 unspecified atom stereocenters. The molecule has 0 saturated heterocycles. The zero-order valence-corrected chi connectivity index (χ0v) is 14.6. The fraction of sp³-hybridized carbons (Fsp3) is 0.714. The van der Waals surface area contributed by atoms with Crippen LogP contribution in [-0.2, 0) is 19.3 Å². The van der Waals surface area contributed by atoms with Gasteiger partial charge < -0.3 is 0 Å². The standard InChI is InChI=1S/C21H35/c1-4-7-8-9-10-11-12-16-20-18-13-17-19(14-5-2)21(20)15-6-3/h13,17H,4-12,14-16H2,1-3H3. The summed E-state index contributed by atoms with van der Waals surface area (Å²) in [5.41, 5.74) is 4.71. The number of unbranched alkanes of at least 4 members (excludes halogenated alkanes) is 6. The van der Waals surface area contributed by atoms with Crippen LogP contribution in [0.1, 0.15) is 95.2 Å². The van der Waals surface area contributed by atoms with Crippen LogP contribution in [0.2, 0.25) is 0 Å². The third-order valence-corrected chi connectivity index (χ3v) is 4.34. The van der Waals surface area contributed by atoms with Crippen LogP contribution in [0.3, 0.4) is 0 Å². The van der Waals surface area contributed by atoms with Crippen molar-refractivity contribution < 1.29 is 0 Å². The van der Waals surface area contributed by atoms with Crippen LogP contribution in [0.4, 0.5) is 0 Å². The molecular weight excluding hydrogens is 252 g/mol. The second-order valence-corrected chi connectivity index (χ2v) is 6.33. The van der Waals surface area contributed by atoms with E-state index in [0.29, 0.717) is 0 Å². The van der Waals surface area contributed by atoms with Crippen molar-refractivity contribution in [1.82, 2.24) is 0 Å². The highest BCUT2D eigenvalue weighted by atomic mass is 14.1. The van der Waals surface area contributed by atoms with Gasteiger partial charge in [0.25, 0.3) is 0 Å². The van der Waals surface area contributed by atoms with E-state index >= 15 is 0 Å². The summed E-state index contributed by atoms with van der Waals surface area (Å²) in [6, 6.07) is 7.98. The lowest BCUT2D eigenvalue weighted by Crippen LogP contribution is -2.01. The Hall–Kier alpha value is -0.780. The van der Waals surface area contributed by atoms with Crippen molar-refractivity contribution in [2.45, 2.75) is 97.8 Å². The normalized spacial score (nSPS) is 11.0. The Morgan fingerprint density at radius 2 is 1.38 bits per heavy atom. The van der Waals surface area contributed by atoms with Crippen LogP contribution in [-0.4, -0.2) is 0 Å². The molecule has 1 radical (unpaired) electrons. The maximum absolute atomic E-state index is 3.53. The zero-order valence-electron chi connectivity index (χ0n) is 14.6. The number of hydrogen-bond acceptors (Lipinski definition) is 0. The minimum Gasteiger partial charge on any atom is -0.0654 e. The zero-order chi connectivity index (χ0) is 15.3. The van der Waals surface area contributed by atoms with Crippen molar-refractivity contribution in [2.75, 3.05) is 0 Å². The molecule has 0 bridgehead atoms. The molecule has 1 aromatic rings. The summed E-state index contributed by atoms with van der Waals surface area (Å²) in [6.07, 6.45) is 16.0. The largest absolute Gasteiger partial charge is 0.0654 e. The van der Waals surface area contributed by atoms with Gasteiger partial charge in [-0.25, -0.2) is 0 Å². The minimum absolute atomic E-state index is 1.23. The molecule has 0 heteroatoms. The van der Waals surface area contributed by atoms with E-state index in [9.17, 15) is 0 Å². The fourth-order valence-corrected chi connectivity index (χ4v) is 3.17. The van der Waals surface area contributed by atoms with Gasteiger partial charge in [0, 0.05) is 0 Å². The SMILES string of the molecule is CCCCCCCCCc1[c]ccc(CCC)c1CCC. The molecule has 119 valence electrons. The van der Waals surface area contributed by atoms with Crippen LogP contribution in [0.15, 0.2) is 12.1 Å². The summed E-state index contributed by atoms with van der Waals surface area (Å²) >= 11 is 0. The van der Waals surface area contributed by atoms with Crippen molar-refractivity contribution >= 4 is 0 Å². The Kier molecular flexibility index (Phi) is 10.3. The predicted octanol–water partition coefficient (Wildman–Crippen LogP) is 6.68. The maximum Gasteiger partial charge on any atom is -0.0146 e. The molecule has 0 aliphatic carbocycles. The molecule has 0 atom stereocenters. The summed E-state index contributed by atoms with van der Waals surface area (Å²) < 4.78 is 0. The van der Waals surface area contributed by atoms with E-state index in [1.807, 2.05) is 0 Å². The summed E-state index contributed by atoms with van der Waals surface area (Å²) in [4.78, 5) is 0. The van der Waals surface area contributed by atoms with Gasteiger partial charge >= 0.3 is 0 Å². The van der Waals surface area contributed by atoms with Gasteiger partial charge in [-0.05, 0) is 48.4 Å². The van der Waals surface area contributed by atoms with Crippen LogP contribution in [0, 0.1) is 6.07 Å². The minimum atomic E-state index is 1.23. The van der Waals surface area contributed by atoms with Crippen LogP contribution < -0.4 is 0 Å². The lowest BCUT2D eigenvalue weighted by atomic mass is 9.91. The lowest BCUT2D eigenvalue weighted by molar-refractivity contribution is 0.588. The molecular formula is C21H35.